The molecule has 0 fully saturated rings. The van der Waals surface area contributed by atoms with Crippen LogP contribution in [0.25, 0.3) is 5.69 Å². The fraction of sp³-hybridized carbons (Fsp3) is 0.179. The van der Waals surface area contributed by atoms with E-state index in [2.05, 4.69) is 20.9 Å². The molecule has 4 rings (SSSR count). The lowest BCUT2D eigenvalue weighted by atomic mass is 10.1. The number of rotatable bonds is 10. The van der Waals surface area contributed by atoms with Crippen LogP contribution in [0.4, 0.5) is 11.5 Å². The smallest absolute Gasteiger partial charge is 0.347 e. The highest BCUT2D eigenvalue weighted by Crippen LogP contribution is 2.34. The molecule has 0 saturated carbocycles. The highest BCUT2D eigenvalue weighted by atomic mass is 79.9. The van der Waals surface area contributed by atoms with Crippen LogP contribution in [0.5, 0.6) is 11.5 Å². The minimum atomic E-state index is -0.961. The molecule has 0 radical (unpaired) electrons. The van der Waals surface area contributed by atoms with E-state index in [9.17, 15) is 19.7 Å². The van der Waals surface area contributed by atoms with E-state index in [0.29, 0.717) is 16.0 Å². The Balaban J connectivity index is 1.90. The van der Waals surface area contributed by atoms with E-state index >= 15 is 0 Å². The first-order valence-corrected chi connectivity index (χ1v) is 13.2. The van der Waals surface area contributed by atoms with Crippen LogP contribution in [0.1, 0.15) is 21.5 Å². The van der Waals surface area contributed by atoms with Crippen molar-refractivity contribution in [2.75, 3.05) is 26.2 Å². The SMILES string of the molecule is COC(=O)c1c(N(Cc2ccc(OC)cc2)Cc2ccc(OC)cc2)ncn(-c2c(Cl)cc(Br)cc2[N+](=O)[O-])c1=O. The predicted molar refractivity (Wildman–Crippen MR) is 156 cm³/mol. The van der Waals surface area contributed by atoms with E-state index in [4.69, 9.17) is 25.8 Å². The minimum Gasteiger partial charge on any atom is -0.497 e. The second kappa shape index (κ2) is 12.8. The number of carbonyl (C=O) groups is 1. The molecule has 0 unspecified atom stereocenters. The normalized spacial score (nSPS) is 10.7. The quantitative estimate of drug-likeness (QED) is 0.124. The molecule has 0 aliphatic carbocycles. The van der Waals surface area contributed by atoms with Crippen molar-refractivity contribution in [3.63, 3.8) is 0 Å². The zero-order valence-corrected chi connectivity index (χ0v) is 24.5. The molecule has 41 heavy (non-hydrogen) atoms. The van der Waals surface area contributed by atoms with Gasteiger partial charge in [0.15, 0.2) is 11.4 Å². The molecule has 1 aromatic heterocycles. The summed E-state index contributed by atoms with van der Waals surface area (Å²) >= 11 is 9.53. The van der Waals surface area contributed by atoms with Gasteiger partial charge in [-0.05, 0) is 41.5 Å². The maximum atomic E-state index is 13.8. The van der Waals surface area contributed by atoms with Crippen LogP contribution in [0, 0.1) is 10.1 Å². The Kier molecular flexibility index (Phi) is 9.25. The van der Waals surface area contributed by atoms with Gasteiger partial charge in [0, 0.05) is 23.6 Å². The van der Waals surface area contributed by atoms with Crippen LogP contribution in [0.2, 0.25) is 5.02 Å². The summed E-state index contributed by atoms with van der Waals surface area (Å²) in [5, 5.41) is 11.7. The van der Waals surface area contributed by atoms with Gasteiger partial charge in [0.2, 0.25) is 0 Å². The van der Waals surface area contributed by atoms with Gasteiger partial charge in [0.1, 0.15) is 23.5 Å². The molecular formula is C28H24BrClN4O7. The number of hydrogen-bond donors (Lipinski definition) is 0. The van der Waals surface area contributed by atoms with Crippen LogP contribution < -0.4 is 19.9 Å². The van der Waals surface area contributed by atoms with Gasteiger partial charge < -0.3 is 19.1 Å². The van der Waals surface area contributed by atoms with Crippen molar-refractivity contribution >= 4 is 45.0 Å². The lowest BCUT2D eigenvalue weighted by molar-refractivity contribution is -0.384. The van der Waals surface area contributed by atoms with E-state index in [1.165, 1.54) is 12.1 Å². The Hall–Kier alpha value is -4.42. The van der Waals surface area contributed by atoms with Crippen molar-refractivity contribution < 1.29 is 23.9 Å². The number of anilines is 1. The number of nitro benzene ring substituents is 1. The molecule has 3 aromatic carbocycles. The van der Waals surface area contributed by atoms with Crippen LogP contribution in [0.15, 0.2) is 76.3 Å². The number of hydrogen-bond acceptors (Lipinski definition) is 9. The first kappa shape index (κ1) is 29.6. The third-order valence-electron chi connectivity index (χ3n) is 6.15. The summed E-state index contributed by atoms with van der Waals surface area (Å²) in [4.78, 5) is 44.3. The first-order valence-electron chi connectivity index (χ1n) is 12.0. The van der Waals surface area contributed by atoms with Gasteiger partial charge >= 0.3 is 5.97 Å². The van der Waals surface area contributed by atoms with Crippen molar-refractivity contribution in [3.05, 3.63) is 114 Å². The number of aromatic nitrogens is 2. The maximum Gasteiger partial charge on any atom is 0.347 e. The number of ether oxygens (including phenoxy) is 3. The zero-order valence-electron chi connectivity index (χ0n) is 22.2. The summed E-state index contributed by atoms with van der Waals surface area (Å²) < 4.78 is 16.7. The van der Waals surface area contributed by atoms with Crippen molar-refractivity contribution in [2.24, 2.45) is 0 Å². The van der Waals surface area contributed by atoms with Gasteiger partial charge in [-0.3, -0.25) is 19.5 Å². The van der Waals surface area contributed by atoms with E-state index in [1.807, 2.05) is 24.3 Å². The molecule has 0 bridgehead atoms. The van der Waals surface area contributed by atoms with Crippen LogP contribution >= 0.6 is 27.5 Å². The first-order chi connectivity index (χ1) is 19.7. The second-order valence-electron chi connectivity index (χ2n) is 8.67. The van der Waals surface area contributed by atoms with E-state index in [-0.39, 0.29) is 29.6 Å². The minimum absolute atomic E-state index is 0.0284. The Morgan fingerprint density at radius 3 is 2.00 bits per heavy atom. The molecule has 0 atom stereocenters. The molecule has 4 aromatic rings. The molecule has 11 nitrogen and oxygen atoms in total. The van der Waals surface area contributed by atoms with Gasteiger partial charge in [0.25, 0.3) is 11.2 Å². The van der Waals surface area contributed by atoms with Crippen molar-refractivity contribution in [1.29, 1.82) is 0 Å². The highest BCUT2D eigenvalue weighted by molar-refractivity contribution is 9.10. The van der Waals surface area contributed by atoms with Crippen molar-refractivity contribution in [1.82, 2.24) is 9.55 Å². The second-order valence-corrected chi connectivity index (χ2v) is 10.00. The lowest BCUT2D eigenvalue weighted by Crippen LogP contribution is -2.33. The third-order valence-corrected chi connectivity index (χ3v) is 6.90. The van der Waals surface area contributed by atoms with Gasteiger partial charge in [-0.25, -0.2) is 9.78 Å². The molecule has 0 aliphatic rings. The van der Waals surface area contributed by atoms with Crippen LogP contribution in [-0.2, 0) is 17.8 Å². The molecule has 0 amide bonds. The predicted octanol–water partition coefficient (Wildman–Crippen LogP) is 5.57. The van der Waals surface area contributed by atoms with E-state index in [0.717, 1.165) is 29.1 Å². The summed E-state index contributed by atoms with van der Waals surface area (Å²) in [6.45, 7) is 0.491. The van der Waals surface area contributed by atoms with Gasteiger partial charge in [-0.1, -0.05) is 51.8 Å². The number of nitrogens with zero attached hydrogens (tertiary/aromatic N) is 4. The fourth-order valence-electron chi connectivity index (χ4n) is 4.16. The molecule has 0 saturated heterocycles. The molecule has 0 aliphatic heterocycles. The summed E-state index contributed by atoms with van der Waals surface area (Å²) in [6.07, 6.45) is 1.11. The van der Waals surface area contributed by atoms with E-state index in [1.54, 1.807) is 43.4 Å². The summed E-state index contributed by atoms with van der Waals surface area (Å²) in [6, 6.07) is 17.2. The Morgan fingerprint density at radius 2 is 1.54 bits per heavy atom. The van der Waals surface area contributed by atoms with Crippen molar-refractivity contribution in [3.8, 4) is 17.2 Å². The molecule has 13 heteroatoms. The largest absolute Gasteiger partial charge is 0.497 e. The third kappa shape index (κ3) is 6.50. The topological polar surface area (TPSA) is 126 Å². The van der Waals surface area contributed by atoms with Crippen LogP contribution in [-0.4, -0.2) is 41.8 Å². The number of carbonyl (C=O) groups excluding carboxylic acids is 1. The average Bonchev–Trinajstić information content (AvgIpc) is 2.97. The number of methoxy groups -OCH3 is 3. The van der Waals surface area contributed by atoms with E-state index < -0.39 is 27.7 Å². The zero-order chi connectivity index (χ0) is 29.7. The monoisotopic (exact) mass is 642 g/mol. The Labute approximate surface area is 248 Å². The highest BCUT2D eigenvalue weighted by Gasteiger charge is 2.29. The summed E-state index contributed by atoms with van der Waals surface area (Å²) in [5.74, 6) is 0.400. The summed E-state index contributed by atoms with van der Waals surface area (Å²) in [7, 11) is 4.26. The molecule has 0 spiro atoms. The summed E-state index contributed by atoms with van der Waals surface area (Å²) in [5.41, 5.74) is -0.301. The van der Waals surface area contributed by atoms with Gasteiger partial charge in [-0.2, -0.15) is 0 Å². The van der Waals surface area contributed by atoms with Crippen LogP contribution in [0.3, 0.4) is 0 Å². The van der Waals surface area contributed by atoms with Gasteiger partial charge in [-0.15, -0.1) is 0 Å². The lowest BCUT2D eigenvalue weighted by Gasteiger charge is -2.26. The molecule has 1 heterocycles. The molecular weight excluding hydrogens is 620 g/mol. The number of nitro groups is 1. The Bertz CT molecular complexity index is 1590. The van der Waals surface area contributed by atoms with Crippen molar-refractivity contribution in [2.45, 2.75) is 13.1 Å². The molecule has 212 valence electrons. The Morgan fingerprint density at radius 1 is 1.00 bits per heavy atom. The number of halogens is 2. The standard InChI is InChI=1S/C28H24BrClN4O7/c1-39-20-8-4-17(5-9-20)14-32(15-18-6-10-21(40-2)11-7-18)26-24(28(36)41-3)27(35)33(16-31-26)25-22(30)12-19(29)13-23(25)34(37)38/h4-13,16H,14-15H2,1-3H3. The fourth-order valence-corrected chi connectivity index (χ4v) is 5.05. The molecule has 0 N–H and O–H groups in total. The number of benzene rings is 3. The number of esters is 1. The average molecular weight is 644 g/mol. The maximum absolute atomic E-state index is 13.8. The van der Waals surface area contributed by atoms with Gasteiger partial charge in [0.05, 0.1) is 31.3 Å².